The van der Waals surface area contributed by atoms with Crippen LogP contribution >= 0.6 is 0 Å². The molecule has 1 saturated heterocycles. The minimum atomic E-state index is 0.377. The zero-order valence-corrected chi connectivity index (χ0v) is 10.9. The normalized spacial score (nSPS) is 18.2. The smallest absolute Gasteiger partial charge is 0.0518 e. The molecule has 0 aliphatic carbocycles. The topological polar surface area (TPSA) is 33.3 Å². The minimum Gasteiger partial charge on any atom is -0.379 e. The zero-order valence-electron chi connectivity index (χ0n) is 10.9. The van der Waals surface area contributed by atoms with E-state index < -0.39 is 0 Å². The maximum Gasteiger partial charge on any atom is 0.0518 e. The van der Waals surface area contributed by atoms with Crippen LogP contribution in [0.2, 0.25) is 0 Å². The van der Waals surface area contributed by atoms with Crippen LogP contribution in [0.25, 0.3) is 0 Å². The van der Waals surface area contributed by atoms with Crippen LogP contribution in [0.5, 0.6) is 0 Å². The van der Waals surface area contributed by atoms with Gasteiger partial charge in [-0.2, -0.15) is 0 Å². The number of piperidine rings is 1. The summed E-state index contributed by atoms with van der Waals surface area (Å²) in [5.74, 6) is 0.896. The Kier molecular flexibility index (Phi) is 7.81. The predicted molar refractivity (Wildman–Crippen MR) is 68.8 cm³/mol. The maximum atomic E-state index is 5.50. The lowest BCUT2D eigenvalue weighted by atomic mass is 9.98. The lowest BCUT2D eigenvalue weighted by molar-refractivity contribution is 0.0760. The Morgan fingerprint density at radius 2 is 2.00 bits per heavy atom. The van der Waals surface area contributed by atoms with Crippen molar-refractivity contribution in [3.63, 3.8) is 0 Å². The van der Waals surface area contributed by atoms with Gasteiger partial charge in [0.15, 0.2) is 0 Å². The summed E-state index contributed by atoms with van der Waals surface area (Å²) in [5, 5.41) is 6.96. The molecular weight excluding hydrogens is 200 g/mol. The number of unbranched alkanes of at least 4 members (excludes halogenated alkanes) is 1. The van der Waals surface area contributed by atoms with E-state index in [4.69, 9.17) is 4.74 Å². The quantitative estimate of drug-likeness (QED) is 0.621. The molecule has 96 valence electrons. The first-order valence-electron chi connectivity index (χ1n) is 6.82. The second kappa shape index (κ2) is 8.97. The summed E-state index contributed by atoms with van der Waals surface area (Å²) in [7, 11) is 0. The van der Waals surface area contributed by atoms with E-state index in [2.05, 4.69) is 24.5 Å². The van der Waals surface area contributed by atoms with Gasteiger partial charge in [0, 0.05) is 6.61 Å². The number of ether oxygens (including phenoxy) is 1. The van der Waals surface area contributed by atoms with E-state index in [-0.39, 0.29) is 0 Å². The van der Waals surface area contributed by atoms with Crippen molar-refractivity contribution in [3.8, 4) is 0 Å². The van der Waals surface area contributed by atoms with Crippen LogP contribution in [0, 0.1) is 5.92 Å². The van der Waals surface area contributed by atoms with Gasteiger partial charge < -0.3 is 15.4 Å². The molecule has 0 aromatic heterocycles. The fraction of sp³-hybridized carbons (Fsp3) is 1.00. The molecule has 0 aromatic carbocycles. The van der Waals surface area contributed by atoms with Crippen molar-refractivity contribution in [1.82, 2.24) is 10.6 Å². The first kappa shape index (κ1) is 13.9. The molecule has 0 saturated carbocycles. The van der Waals surface area contributed by atoms with Crippen LogP contribution in [0.3, 0.4) is 0 Å². The van der Waals surface area contributed by atoms with Gasteiger partial charge in [-0.25, -0.2) is 0 Å². The van der Waals surface area contributed by atoms with Gasteiger partial charge in [-0.15, -0.1) is 0 Å². The van der Waals surface area contributed by atoms with E-state index in [0.717, 1.165) is 19.1 Å². The Balaban J connectivity index is 1.80. The molecule has 2 N–H and O–H groups in total. The Morgan fingerprint density at radius 3 is 2.69 bits per heavy atom. The molecule has 3 heteroatoms. The zero-order chi connectivity index (χ0) is 11.6. The van der Waals surface area contributed by atoms with E-state index in [1.807, 2.05) is 0 Å². The average Bonchev–Trinajstić information content (AvgIpc) is 2.29. The molecule has 0 unspecified atom stereocenters. The molecule has 0 aromatic rings. The Hall–Kier alpha value is -0.120. The fourth-order valence-electron chi connectivity index (χ4n) is 2.06. The highest BCUT2D eigenvalue weighted by molar-refractivity contribution is 4.70. The molecule has 0 atom stereocenters. The van der Waals surface area contributed by atoms with Crippen molar-refractivity contribution in [1.29, 1.82) is 0 Å². The van der Waals surface area contributed by atoms with E-state index in [9.17, 15) is 0 Å². The van der Waals surface area contributed by atoms with Gasteiger partial charge in [0.2, 0.25) is 0 Å². The fourth-order valence-corrected chi connectivity index (χ4v) is 2.06. The molecule has 3 nitrogen and oxygen atoms in total. The number of rotatable bonds is 8. The van der Waals surface area contributed by atoms with Gasteiger partial charge in [0.05, 0.1) is 6.10 Å². The number of hydrogen-bond donors (Lipinski definition) is 2. The minimum absolute atomic E-state index is 0.377. The highest BCUT2D eigenvalue weighted by atomic mass is 16.5. The van der Waals surface area contributed by atoms with Crippen molar-refractivity contribution < 1.29 is 4.74 Å². The molecule has 1 rings (SSSR count). The van der Waals surface area contributed by atoms with E-state index in [1.54, 1.807) is 0 Å². The van der Waals surface area contributed by atoms with Crippen LogP contribution in [-0.4, -0.2) is 38.9 Å². The van der Waals surface area contributed by atoms with Crippen molar-refractivity contribution >= 4 is 0 Å². The van der Waals surface area contributed by atoms with E-state index in [1.165, 1.54) is 45.3 Å². The third-order valence-electron chi connectivity index (χ3n) is 3.09. The number of nitrogens with one attached hydrogen (secondary N) is 2. The lowest BCUT2D eigenvalue weighted by Gasteiger charge is -2.22. The van der Waals surface area contributed by atoms with Crippen LogP contribution in [-0.2, 0) is 4.74 Å². The van der Waals surface area contributed by atoms with E-state index >= 15 is 0 Å². The largest absolute Gasteiger partial charge is 0.379 e. The molecule has 0 spiro atoms. The Morgan fingerprint density at radius 1 is 1.25 bits per heavy atom. The first-order chi connectivity index (χ1) is 7.79. The third kappa shape index (κ3) is 7.20. The van der Waals surface area contributed by atoms with E-state index in [0.29, 0.717) is 6.10 Å². The first-order valence-corrected chi connectivity index (χ1v) is 6.82. The summed E-state index contributed by atoms with van der Waals surface area (Å²) in [5.41, 5.74) is 0. The molecule has 16 heavy (non-hydrogen) atoms. The van der Waals surface area contributed by atoms with Crippen molar-refractivity contribution in [2.45, 2.75) is 45.6 Å². The molecule has 0 bridgehead atoms. The van der Waals surface area contributed by atoms with Crippen molar-refractivity contribution in [3.05, 3.63) is 0 Å². The summed E-state index contributed by atoms with van der Waals surface area (Å²) in [4.78, 5) is 0. The Bertz CT molecular complexity index is 156. The summed E-state index contributed by atoms with van der Waals surface area (Å²) >= 11 is 0. The van der Waals surface area contributed by atoms with Crippen molar-refractivity contribution in [2.24, 2.45) is 5.92 Å². The van der Waals surface area contributed by atoms with Gasteiger partial charge in [0.1, 0.15) is 0 Å². The molecule has 0 amide bonds. The SMILES string of the molecule is CC(C)OCCCCNCC1CCNCC1. The van der Waals surface area contributed by atoms with Gasteiger partial charge in [-0.3, -0.25) is 0 Å². The van der Waals surface area contributed by atoms with Gasteiger partial charge >= 0.3 is 0 Å². The lowest BCUT2D eigenvalue weighted by Crippen LogP contribution is -2.33. The van der Waals surface area contributed by atoms with Crippen LogP contribution in [0.4, 0.5) is 0 Å². The molecular formula is C13H28N2O. The van der Waals surface area contributed by atoms with Gasteiger partial charge in [-0.1, -0.05) is 0 Å². The van der Waals surface area contributed by atoms with Crippen LogP contribution in [0.1, 0.15) is 39.5 Å². The monoisotopic (exact) mass is 228 g/mol. The molecule has 1 fully saturated rings. The van der Waals surface area contributed by atoms with Gasteiger partial charge in [0.25, 0.3) is 0 Å². The number of hydrogen-bond acceptors (Lipinski definition) is 3. The second-order valence-corrected chi connectivity index (χ2v) is 5.02. The summed E-state index contributed by atoms with van der Waals surface area (Å²) in [6.07, 6.45) is 5.46. The summed E-state index contributed by atoms with van der Waals surface area (Å²) < 4.78 is 5.50. The molecule has 0 radical (unpaired) electrons. The molecule has 1 heterocycles. The second-order valence-electron chi connectivity index (χ2n) is 5.02. The average molecular weight is 228 g/mol. The molecule has 1 aliphatic heterocycles. The highest BCUT2D eigenvalue weighted by Gasteiger charge is 2.11. The predicted octanol–water partition coefficient (Wildman–Crippen LogP) is 1.78. The maximum absolute atomic E-state index is 5.50. The highest BCUT2D eigenvalue weighted by Crippen LogP contribution is 2.09. The third-order valence-corrected chi connectivity index (χ3v) is 3.09. The van der Waals surface area contributed by atoms with Crippen LogP contribution < -0.4 is 10.6 Å². The molecule has 1 aliphatic rings. The summed E-state index contributed by atoms with van der Waals surface area (Å²) in [6.45, 7) is 9.85. The van der Waals surface area contributed by atoms with Gasteiger partial charge in [-0.05, 0) is 71.6 Å². The van der Waals surface area contributed by atoms with Crippen molar-refractivity contribution in [2.75, 3.05) is 32.8 Å². The van der Waals surface area contributed by atoms with Crippen LogP contribution in [0.15, 0.2) is 0 Å². The standard InChI is InChI=1S/C13H28N2O/c1-12(2)16-10-4-3-7-15-11-13-5-8-14-9-6-13/h12-15H,3-11H2,1-2H3. The Labute approximate surface area is 100 Å². The summed E-state index contributed by atoms with van der Waals surface area (Å²) in [6, 6.07) is 0.